The minimum Gasteiger partial charge on any atom is -0.497 e. The zero-order valence-corrected chi connectivity index (χ0v) is 12.6. The van der Waals surface area contributed by atoms with Gasteiger partial charge in [0.15, 0.2) is 0 Å². The zero-order chi connectivity index (χ0) is 13.6. The number of methoxy groups -OCH3 is 1. The Morgan fingerprint density at radius 1 is 1.37 bits per heavy atom. The highest BCUT2D eigenvalue weighted by Crippen LogP contribution is 2.48. The van der Waals surface area contributed by atoms with E-state index in [1.54, 1.807) is 12.7 Å². The van der Waals surface area contributed by atoms with E-state index in [2.05, 4.69) is 44.0 Å². The number of hydrogen-bond donors (Lipinski definition) is 0. The van der Waals surface area contributed by atoms with Gasteiger partial charge in [-0.05, 0) is 66.9 Å². The Kier molecular flexibility index (Phi) is 3.09. The molecule has 3 atom stereocenters. The molecule has 2 aliphatic rings. The SMILES string of the molecule is COc1ccc2c(c1)C1(C)CCN(C)CC(C2)C1C. The van der Waals surface area contributed by atoms with Gasteiger partial charge < -0.3 is 9.64 Å². The minimum atomic E-state index is 0.303. The van der Waals surface area contributed by atoms with Crippen LogP contribution in [-0.4, -0.2) is 32.1 Å². The lowest BCUT2D eigenvalue weighted by Gasteiger charge is -2.44. The van der Waals surface area contributed by atoms with Crippen LogP contribution in [0.25, 0.3) is 0 Å². The standard InChI is InChI=1S/C17H25NO/c1-12-14-9-13-5-6-15(19-4)10-16(13)17(12,2)7-8-18(3)11-14/h5-6,10,12,14H,7-9,11H2,1-4H3. The second-order valence-corrected chi connectivity index (χ2v) is 6.71. The van der Waals surface area contributed by atoms with E-state index in [-0.39, 0.29) is 0 Å². The van der Waals surface area contributed by atoms with Crippen molar-refractivity contribution in [2.24, 2.45) is 11.8 Å². The summed E-state index contributed by atoms with van der Waals surface area (Å²) in [4.78, 5) is 2.51. The summed E-state index contributed by atoms with van der Waals surface area (Å²) in [6.07, 6.45) is 2.47. The summed E-state index contributed by atoms with van der Waals surface area (Å²) in [5, 5.41) is 0. The minimum absolute atomic E-state index is 0.303. The van der Waals surface area contributed by atoms with Gasteiger partial charge in [-0.15, -0.1) is 0 Å². The van der Waals surface area contributed by atoms with Gasteiger partial charge in [0.05, 0.1) is 7.11 Å². The van der Waals surface area contributed by atoms with Crippen molar-refractivity contribution in [3.8, 4) is 5.75 Å². The molecule has 2 heteroatoms. The average Bonchev–Trinajstić information content (AvgIpc) is 2.48. The van der Waals surface area contributed by atoms with Crippen LogP contribution >= 0.6 is 0 Å². The second kappa shape index (κ2) is 4.52. The maximum absolute atomic E-state index is 5.44. The summed E-state index contributed by atoms with van der Waals surface area (Å²) in [6.45, 7) is 7.35. The molecule has 1 aromatic rings. The molecule has 1 saturated heterocycles. The molecule has 0 N–H and O–H groups in total. The first-order valence-corrected chi connectivity index (χ1v) is 7.40. The van der Waals surface area contributed by atoms with Crippen LogP contribution in [0.2, 0.25) is 0 Å². The Hall–Kier alpha value is -1.02. The molecule has 0 aromatic heterocycles. The molecule has 3 unspecified atom stereocenters. The first-order chi connectivity index (χ1) is 9.04. The summed E-state index contributed by atoms with van der Waals surface area (Å²) in [5.74, 6) is 2.54. The quantitative estimate of drug-likeness (QED) is 0.768. The lowest BCUT2D eigenvalue weighted by molar-refractivity contribution is 0.197. The van der Waals surface area contributed by atoms with Gasteiger partial charge in [-0.1, -0.05) is 19.9 Å². The van der Waals surface area contributed by atoms with Crippen molar-refractivity contribution in [1.82, 2.24) is 4.90 Å². The molecular formula is C17H25NO. The van der Waals surface area contributed by atoms with Crippen molar-refractivity contribution in [2.75, 3.05) is 27.2 Å². The van der Waals surface area contributed by atoms with Crippen molar-refractivity contribution >= 4 is 0 Å². The topological polar surface area (TPSA) is 12.5 Å². The van der Waals surface area contributed by atoms with Crippen LogP contribution < -0.4 is 4.74 Å². The van der Waals surface area contributed by atoms with Gasteiger partial charge in [0.2, 0.25) is 0 Å². The maximum Gasteiger partial charge on any atom is 0.119 e. The van der Waals surface area contributed by atoms with E-state index >= 15 is 0 Å². The van der Waals surface area contributed by atoms with Crippen LogP contribution in [0.15, 0.2) is 18.2 Å². The van der Waals surface area contributed by atoms with Crippen LogP contribution in [0.1, 0.15) is 31.4 Å². The fraction of sp³-hybridized carbons (Fsp3) is 0.647. The van der Waals surface area contributed by atoms with E-state index in [1.165, 1.54) is 31.5 Å². The van der Waals surface area contributed by atoms with Crippen LogP contribution in [0.4, 0.5) is 0 Å². The third-order valence-corrected chi connectivity index (χ3v) is 5.69. The maximum atomic E-state index is 5.44. The Bertz CT molecular complexity index is 484. The van der Waals surface area contributed by atoms with Gasteiger partial charge in [-0.25, -0.2) is 0 Å². The van der Waals surface area contributed by atoms with E-state index in [4.69, 9.17) is 4.74 Å². The molecule has 1 heterocycles. The van der Waals surface area contributed by atoms with E-state index in [9.17, 15) is 0 Å². The number of nitrogens with zero attached hydrogens (tertiary/aromatic N) is 1. The largest absolute Gasteiger partial charge is 0.497 e. The van der Waals surface area contributed by atoms with E-state index in [0.29, 0.717) is 5.41 Å². The summed E-state index contributed by atoms with van der Waals surface area (Å²) < 4.78 is 5.44. The van der Waals surface area contributed by atoms with Crippen LogP contribution in [0.3, 0.4) is 0 Å². The highest BCUT2D eigenvalue weighted by atomic mass is 16.5. The number of likely N-dealkylation sites (tertiary alicyclic amines) is 1. The molecule has 3 rings (SSSR count). The molecule has 1 aromatic carbocycles. The molecule has 2 nitrogen and oxygen atoms in total. The summed E-state index contributed by atoms with van der Waals surface area (Å²) in [7, 11) is 4.03. The van der Waals surface area contributed by atoms with Crippen LogP contribution in [-0.2, 0) is 11.8 Å². The van der Waals surface area contributed by atoms with Gasteiger partial charge in [0.25, 0.3) is 0 Å². The molecular weight excluding hydrogens is 234 g/mol. The first-order valence-electron chi connectivity index (χ1n) is 7.40. The lowest BCUT2D eigenvalue weighted by Crippen LogP contribution is -2.41. The molecule has 0 spiro atoms. The van der Waals surface area contributed by atoms with E-state index in [0.717, 1.165) is 17.6 Å². The Labute approximate surface area is 116 Å². The van der Waals surface area contributed by atoms with Crippen LogP contribution in [0.5, 0.6) is 5.75 Å². The predicted octanol–water partition coefficient (Wildman–Crippen LogP) is 3.10. The number of hydrogen-bond acceptors (Lipinski definition) is 2. The van der Waals surface area contributed by atoms with Crippen molar-refractivity contribution < 1.29 is 4.74 Å². The zero-order valence-electron chi connectivity index (χ0n) is 12.6. The number of fused-ring (bicyclic) bond motifs is 4. The highest BCUT2D eigenvalue weighted by Gasteiger charge is 2.44. The molecule has 1 aliphatic heterocycles. The van der Waals surface area contributed by atoms with Gasteiger partial charge >= 0.3 is 0 Å². The van der Waals surface area contributed by atoms with Gasteiger partial charge in [0.1, 0.15) is 5.75 Å². The molecule has 0 radical (unpaired) electrons. The number of ether oxygens (including phenoxy) is 1. The first kappa shape index (κ1) is 13.0. The van der Waals surface area contributed by atoms with Crippen molar-refractivity contribution in [3.05, 3.63) is 29.3 Å². The summed E-state index contributed by atoms with van der Waals surface area (Å²) in [6, 6.07) is 6.69. The molecule has 104 valence electrons. The normalized spacial score (nSPS) is 34.5. The molecule has 1 fully saturated rings. The Morgan fingerprint density at radius 2 is 2.16 bits per heavy atom. The number of benzene rings is 1. The van der Waals surface area contributed by atoms with Gasteiger partial charge in [-0.3, -0.25) is 0 Å². The lowest BCUT2D eigenvalue weighted by atomic mass is 9.60. The van der Waals surface area contributed by atoms with Gasteiger partial charge in [0, 0.05) is 6.54 Å². The van der Waals surface area contributed by atoms with Gasteiger partial charge in [-0.2, -0.15) is 0 Å². The second-order valence-electron chi connectivity index (χ2n) is 6.71. The van der Waals surface area contributed by atoms with Crippen molar-refractivity contribution in [2.45, 2.75) is 32.1 Å². The molecule has 0 saturated carbocycles. The summed E-state index contributed by atoms with van der Waals surface area (Å²) >= 11 is 0. The fourth-order valence-electron chi connectivity index (χ4n) is 4.12. The molecule has 0 amide bonds. The third-order valence-electron chi connectivity index (χ3n) is 5.69. The highest BCUT2D eigenvalue weighted by molar-refractivity contribution is 5.43. The average molecular weight is 259 g/mol. The van der Waals surface area contributed by atoms with E-state index < -0.39 is 0 Å². The van der Waals surface area contributed by atoms with Crippen molar-refractivity contribution in [3.63, 3.8) is 0 Å². The predicted molar refractivity (Wildman–Crippen MR) is 78.8 cm³/mol. The monoisotopic (exact) mass is 259 g/mol. The smallest absolute Gasteiger partial charge is 0.119 e. The van der Waals surface area contributed by atoms with Crippen LogP contribution in [0, 0.1) is 11.8 Å². The Balaban J connectivity index is 2.11. The van der Waals surface area contributed by atoms with Crippen molar-refractivity contribution in [1.29, 1.82) is 0 Å². The third kappa shape index (κ3) is 1.97. The molecule has 19 heavy (non-hydrogen) atoms. The Morgan fingerprint density at radius 3 is 2.89 bits per heavy atom. The number of rotatable bonds is 1. The fourth-order valence-corrected chi connectivity index (χ4v) is 4.12. The summed E-state index contributed by atoms with van der Waals surface area (Å²) in [5.41, 5.74) is 3.38. The molecule has 1 aliphatic carbocycles. The molecule has 2 bridgehead atoms. The van der Waals surface area contributed by atoms with E-state index in [1.807, 2.05) is 0 Å².